The quantitative estimate of drug-likeness (QED) is 0.745. The highest BCUT2D eigenvalue weighted by atomic mass is 35.5. The number of hydrogen-bond donors (Lipinski definition) is 0. The molecule has 1 atom stereocenters. The number of rotatable bonds is 2. The van der Waals surface area contributed by atoms with E-state index in [4.69, 9.17) is 11.6 Å². The maximum Gasteiger partial charge on any atom is 0.144 e. The number of anilines is 1. The first-order chi connectivity index (χ1) is 7.61. The van der Waals surface area contributed by atoms with Crippen LogP contribution in [0.15, 0.2) is 23.3 Å². The molecule has 0 fully saturated rings. The van der Waals surface area contributed by atoms with Gasteiger partial charge in [0.1, 0.15) is 18.1 Å². The normalized spacial score (nSPS) is 19.8. The van der Waals surface area contributed by atoms with Crippen LogP contribution in [-0.4, -0.2) is 18.0 Å². The lowest BCUT2D eigenvalue weighted by Gasteiger charge is -2.19. The second-order valence-electron chi connectivity index (χ2n) is 3.69. The second kappa shape index (κ2) is 4.22. The monoisotopic (exact) mass is 240 g/mol. The summed E-state index contributed by atoms with van der Waals surface area (Å²) in [5.41, 5.74) is 1.50. The first kappa shape index (κ1) is 11.1. The maximum atomic E-state index is 13.0. The van der Waals surface area contributed by atoms with E-state index in [0.717, 1.165) is 12.0 Å². The number of carbonyl (C=O) groups excluding carboxylic acids is 1. The Morgan fingerprint density at radius 1 is 1.62 bits per heavy atom. The molecule has 1 aliphatic heterocycles. The summed E-state index contributed by atoms with van der Waals surface area (Å²) in [6, 6.07) is 3.97. The van der Waals surface area contributed by atoms with Crippen LogP contribution >= 0.6 is 11.6 Å². The molecule has 0 saturated heterocycles. The molecule has 0 spiro atoms. The number of aldehydes is 1. The van der Waals surface area contributed by atoms with E-state index in [-0.39, 0.29) is 11.1 Å². The van der Waals surface area contributed by atoms with Gasteiger partial charge in [0, 0.05) is 12.1 Å². The molecule has 1 aliphatic rings. The Labute approximate surface area is 97.5 Å². The highest BCUT2D eigenvalue weighted by molar-refractivity contribution is 6.31. The fourth-order valence-electron chi connectivity index (χ4n) is 1.67. The Morgan fingerprint density at radius 3 is 3.00 bits per heavy atom. The van der Waals surface area contributed by atoms with Crippen molar-refractivity contribution < 1.29 is 9.18 Å². The smallest absolute Gasteiger partial charge is 0.144 e. The molecule has 2 rings (SSSR count). The van der Waals surface area contributed by atoms with Gasteiger partial charge in [0.2, 0.25) is 0 Å². The van der Waals surface area contributed by atoms with Crippen molar-refractivity contribution in [2.45, 2.75) is 19.4 Å². The van der Waals surface area contributed by atoms with Gasteiger partial charge in [-0.25, -0.2) is 4.39 Å². The van der Waals surface area contributed by atoms with Crippen LogP contribution < -0.4 is 5.01 Å². The third kappa shape index (κ3) is 1.93. The van der Waals surface area contributed by atoms with E-state index < -0.39 is 5.82 Å². The van der Waals surface area contributed by atoms with Crippen molar-refractivity contribution in [3.63, 3.8) is 0 Å². The Kier molecular flexibility index (Phi) is 2.92. The van der Waals surface area contributed by atoms with Crippen LogP contribution in [0.3, 0.4) is 0 Å². The van der Waals surface area contributed by atoms with Crippen LogP contribution in [-0.2, 0) is 4.79 Å². The van der Waals surface area contributed by atoms with Gasteiger partial charge in [0.15, 0.2) is 0 Å². The van der Waals surface area contributed by atoms with Crippen molar-refractivity contribution in [3.8, 4) is 0 Å². The fourth-order valence-corrected chi connectivity index (χ4v) is 1.85. The molecular formula is C11H10ClFN2O. The van der Waals surface area contributed by atoms with E-state index in [2.05, 4.69) is 5.10 Å². The topological polar surface area (TPSA) is 32.7 Å². The molecule has 0 bridgehead atoms. The summed E-state index contributed by atoms with van der Waals surface area (Å²) in [5.74, 6) is -0.479. The van der Waals surface area contributed by atoms with Gasteiger partial charge in [0.05, 0.1) is 10.7 Å². The van der Waals surface area contributed by atoms with Gasteiger partial charge >= 0.3 is 0 Å². The number of hydrogen-bond acceptors (Lipinski definition) is 3. The predicted molar refractivity (Wildman–Crippen MR) is 61.5 cm³/mol. The number of halogens is 2. The zero-order valence-corrected chi connectivity index (χ0v) is 9.41. The van der Waals surface area contributed by atoms with Crippen molar-refractivity contribution in [2.24, 2.45) is 5.10 Å². The minimum atomic E-state index is -0.479. The molecule has 0 aliphatic carbocycles. The second-order valence-corrected chi connectivity index (χ2v) is 4.09. The van der Waals surface area contributed by atoms with Crippen LogP contribution in [0.4, 0.5) is 10.1 Å². The third-order valence-corrected chi connectivity index (χ3v) is 2.71. The van der Waals surface area contributed by atoms with Crippen molar-refractivity contribution >= 4 is 29.3 Å². The molecular weight excluding hydrogens is 231 g/mol. The van der Waals surface area contributed by atoms with E-state index >= 15 is 0 Å². The highest BCUT2D eigenvalue weighted by Crippen LogP contribution is 2.27. The molecule has 1 aromatic carbocycles. The first-order valence-electron chi connectivity index (χ1n) is 4.85. The summed E-state index contributed by atoms with van der Waals surface area (Å²) >= 11 is 5.68. The minimum absolute atomic E-state index is 0.0295. The molecule has 1 heterocycles. The molecule has 0 amide bonds. The molecule has 0 radical (unpaired) electrons. The minimum Gasteiger partial charge on any atom is -0.301 e. The summed E-state index contributed by atoms with van der Waals surface area (Å²) < 4.78 is 13.0. The van der Waals surface area contributed by atoms with E-state index in [1.807, 2.05) is 6.92 Å². The molecule has 1 aromatic rings. The zero-order chi connectivity index (χ0) is 11.7. The summed E-state index contributed by atoms with van der Waals surface area (Å²) in [4.78, 5) is 10.9. The molecule has 16 heavy (non-hydrogen) atoms. The molecule has 0 aromatic heterocycles. The van der Waals surface area contributed by atoms with Gasteiger partial charge in [-0.1, -0.05) is 11.6 Å². The zero-order valence-electron chi connectivity index (χ0n) is 8.65. The summed E-state index contributed by atoms with van der Waals surface area (Å²) in [6.45, 7) is 1.85. The van der Waals surface area contributed by atoms with Crippen molar-refractivity contribution in [2.75, 3.05) is 5.01 Å². The van der Waals surface area contributed by atoms with Crippen molar-refractivity contribution in [1.82, 2.24) is 0 Å². The van der Waals surface area contributed by atoms with Crippen LogP contribution in [0.1, 0.15) is 13.3 Å². The van der Waals surface area contributed by atoms with Crippen LogP contribution in [0.2, 0.25) is 5.02 Å². The predicted octanol–water partition coefficient (Wildman–Crippen LogP) is 2.63. The van der Waals surface area contributed by atoms with Crippen molar-refractivity contribution in [3.05, 3.63) is 29.0 Å². The Morgan fingerprint density at radius 2 is 2.38 bits per heavy atom. The summed E-state index contributed by atoms with van der Waals surface area (Å²) in [6.07, 6.45) is 1.43. The third-order valence-electron chi connectivity index (χ3n) is 2.42. The molecule has 5 heteroatoms. The fraction of sp³-hybridized carbons (Fsp3) is 0.273. The molecule has 0 saturated carbocycles. The van der Waals surface area contributed by atoms with Gasteiger partial charge in [0.25, 0.3) is 0 Å². The highest BCUT2D eigenvalue weighted by Gasteiger charge is 2.25. The van der Waals surface area contributed by atoms with E-state index in [9.17, 15) is 9.18 Å². The Balaban J connectivity index is 2.36. The van der Waals surface area contributed by atoms with E-state index in [1.54, 1.807) is 11.1 Å². The van der Waals surface area contributed by atoms with Gasteiger partial charge < -0.3 is 4.79 Å². The van der Waals surface area contributed by atoms with Gasteiger partial charge in [-0.15, -0.1) is 0 Å². The van der Waals surface area contributed by atoms with Crippen LogP contribution in [0.5, 0.6) is 0 Å². The number of hydrazone groups is 1. The average Bonchev–Trinajstić information content (AvgIpc) is 2.63. The van der Waals surface area contributed by atoms with Gasteiger partial charge in [-0.3, -0.25) is 5.01 Å². The molecule has 0 N–H and O–H groups in total. The average molecular weight is 241 g/mol. The SMILES string of the molecule is CC1=NN(c2ccc(F)c(Cl)c2)C(C=O)C1. The van der Waals surface area contributed by atoms with Crippen molar-refractivity contribution in [1.29, 1.82) is 0 Å². The maximum absolute atomic E-state index is 13.0. The molecule has 3 nitrogen and oxygen atoms in total. The lowest BCUT2D eigenvalue weighted by atomic mass is 10.2. The van der Waals surface area contributed by atoms with Gasteiger partial charge in [-0.2, -0.15) is 5.10 Å². The number of benzene rings is 1. The Hall–Kier alpha value is -1.42. The lowest BCUT2D eigenvalue weighted by Crippen LogP contribution is -2.27. The van der Waals surface area contributed by atoms with E-state index in [0.29, 0.717) is 12.1 Å². The number of carbonyl (C=O) groups is 1. The molecule has 1 unspecified atom stereocenters. The molecule has 84 valence electrons. The standard InChI is InChI=1S/C11H10ClFN2O/c1-7-4-9(6-16)15(14-7)8-2-3-11(13)10(12)5-8/h2-3,5-6,9H,4H2,1H3. The number of nitrogens with zero attached hydrogens (tertiary/aromatic N) is 2. The first-order valence-corrected chi connectivity index (χ1v) is 5.23. The summed E-state index contributed by atoms with van der Waals surface area (Å²) in [7, 11) is 0. The van der Waals surface area contributed by atoms with E-state index in [1.165, 1.54) is 12.1 Å². The lowest BCUT2D eigenvalue weighted by molar-refractivity contribution is -0.108. The largest absolute Gasteiger partial charge is 0.301 e. The van der Waals surface area contributed by atoms with Gasteiger partial charge in [-0.05, 0) is 25.1 Å². The van der Waals surface area contributed by atoms with Crippen LogP contribution in [0, 0.1) is 5.82 Å². The van der Waals surface area contributed by atoms with Crippen LogP contribution in [0.25, 0.3) is 0 Å². The Bertz CT molecular complexity index is 461. The summed E-state index contributed by atoms with van der Waals surface area (Å²) in [5, 5.41) is 5.81.